The van der Waals surface area contributed by atoms with E-state index in [9.17, 15) is 14.4 Å². The highest BCUT2D eigenvalue weighted by Gasteiger charge is 2.37. The minimum absolute atomic E-state index is 0.0107. The van der Waals surface area contributed by atoms with Gasteiger partial charge in [0.2, 0.25) is 17.4 Å². The number of likely N-dealkylation sites (tertiary alicyclic amines) is 1. The second-order valence-corrected chi connectivity index (χ2v) is 8.87. The largest absolute Gasteiger partial charge is 0.340 e. The zero-order valence-electron chi connectivity index (χ0n) is 16.6. The summed E-state index contributed by atoms with van der Waals surface area (Å²) in [6, 6.07) is 7.47. The Balaban J connectivity index is 1.28. The summed E-state index contributed by atoms with van der Waals surface area (Å²) in [5, 5.41) is 2.01. The predicted octanol–water partition coefficient (Wildman–Crippen LogP) is 1.14. The van der Waals surface area contributed by atoms with Gasteiger partial charge in [-0.1, -0.05) is 12.1 Å². The minimum atomic E-state index is -0.224. The average molecular weight is 415 g/mol. The molecule has 2 amide bonds. The number of aryl methyl sites for hydroxylation is 1. The molecule has 2 aromatic rings. The minimum Gasteiger partial charge on any atom is -0.340 e. The summed E-state index contributed by atoms with van der Waals surface area (Å²) in [5.74, 6) is -0.0449. The van der Waals surface area contributed by atoms with Gasteiger partial charge >= 0.3 is 0 Å². The smallest absolute Gasteiger partial charge is 0.250 e. The quantitative estimate of drug-likeness (QED) is 0.736. The molecule has 2 aliphatic heterocycles. The van der Waals surface area contributed by atoms with Crippen molar-refractivity contribution in [3.63, 3.8) is 0 Å². The molecule has 29 heavy (non-hydrogen) atoms. The zero-order valence-corrected chi connectivity index (χ0v) is 17.4. The van der Waals surface area contributed by atoms with E-state index in [-0.39, 0.29) is 23.3 Å². The summed E-state index contributed by atoms with van der Waals surface area (Å²) in [5.41, 5.74) is 1.08. The zero-order chi connectivity index (χ0) is 20.4. The molecule has 0 aliphatic carbocycles. The van der Waals surface area contributed by atoms with Crippen molar-refractivity contribution in [1.82, 2.24) is 19.3 Å². The van der Waals surface area contributed by atoms with Gasteiger partial charge in [0.25, 0.3) is 0 Å². The normalized spacial score (nSPS) is 20.4. The van der Waals surface area contributed by atoms with Crippen molar-refractivity contribution < 1.29 is 9.59 Å². The fourth-order valence-electron chi connectivity index (χ4n) is 4.07. The Labute approximate surface area is 174 Å². The topological polar surface area (TPSA) is 65.9 Å². The van der Waals surface area contributed by atoms with Crippen molar-refractivity contribution >= 4 is 23.2 Å². The maximum absolute atomic E-state index is 12.9. The van der Waals surface area contributed by atoms with E-state index in [4.69, 9.17) is 0 Å². The number of hydrogen-bond donors (Lipinski definition) is 0. The van der Waals surface area contributed by atoms with E-state index >= 15 is 0 Å². The van der Waals surface area contributed by atoms with E-state index in [0.29, 0.717) is 32.6 Å². The first-order chi connectivity index (χ1) is 14.0. The van der Waals surface area contributed by atoms with Gasteiger partial charge in [-0.2, -0.15) is 0 Å². The summed E-state index contributed by atoms with van der Waals surface area (Å²) in [6.07, 6.45) is 2.19. The first-order valence-electron chi connectivity index (χ1n) is 9.96. The molecule has 8 heteroatoms. The van der Waals surface area contributed by atoms with Crippen molar-refractivity contribution in [1.29, 1.82) is 0 Å². The third-order valence-corrected chi connectivity index (χ3v) is 6.59. The lowest BCUT2D eigenvalue weighted by atomic mass is 10.1. The highest BCUT2D eigenvalue weighted by Crippen LogP contribution is 2.24. The number of hydrogen-bond acceptors (Lipinski definition) is 5. The van der Waals surface area contributed by atoms with Gasteiger partial charge < -0.3 is 14.4 Å². The first-order valence-corrected chi connectivity index (χ1v) is 10.8. The molecule has 0 aromatic carbocycles. The molecule has 2 aromatic heterocycles. The lowest BCUT2D eigenvalue weighted by Gasteiger charge is -2.36. The lowest BCUT2D eigenvalue weighted by Crippen LogP contribution is -2.50. The van der Waals surface area contributed by atoms with E-state index in [1.807, 2.05) is 39.6 Å². The van der Waals surface area contributed by atoms with E-state index in [2.05, 4.69) is 4.90 Å². The van der Waals surface area contributed by atoms with Crippen LogP contribution in [0.2, 0.25) is 0 Å². The van der Waals surface area contributed by atoms with Crippen molar-refractivity contribution in [2.24, 2.45) is 13.0 Å². The van der Waals surface area contributed by atoms with Crippen molar-refractivity contribution in [3.05, 3.63) is 56.6 Å². The number of piperazine rings is 1. The maximum atomic E-state index is 12.9. The molecule has 4 rings (SSSR count). The summed E-state index contributed by atoms with van der Waals surface area (Å²) in [7, 11) is 1.76. The molecular weight excluding hydrogens is 388 g/mol. The van der Waals surface area contributed by atoms with E-state index in [0.717, 1.165) is 30.1 Å². The lowest BCUT2D eigenvalue weighted by molar-refractivity contribution is -0.137. The van der Waals surface area contributed by atoms with E-state index < -0.39 is 0 Å². The molecule has 1 unspecified atom stereocenters. The van der Waals surface area contributed by atoms with Crippen LogP contribution in [0.3, 0.4) is 0 Å². The van der Waals surface area contributed by atoms with Gasteiger partial charge in [-0.05, 0) is 17.0 Å². The van der Waals surface area contributed by atoms with Crippen LogP contribution in [0.25, 0.3) is 0 Å². The van der Waals surface area contributed by atoms with Crippen molar-refractivity contribution in [2.75, 3.05) is 32.7 Å². The van der Waals surface area contributed by atoms with Crippen LogP contribution in [0, 0.1) is 5.92 Å². The Morgan fingerprint density at radius 1 is 1.10 bits per heavy atom. The van der Waals surface area contributed by atoms with Gasteiger partial charge in [-0.25, -0.2) is 0 Å². The van der Waals surface area contributed by atoms with Gasteiger partial charge in [0.05, 0.1) is 12.5 Å². The molecule has 4 heterocycles. The molecule has 0 spiro atoms. The SMILES string of the molecule is Cn1cc(CN2CCN(C(=O)C3CC(=O)N(Cc4cccs4)C3)CC2)ccc1=O. The Morgan fingerprint density at radius 3 is 2.59 bits per heavy atom. The average Bonchev–Trinajstić information content (AvgIpc) is 3.35. The van der Waals surface area contributed by atoms with Gasteiger partial charge in [0.1, 0.15) is 0 Å². The molecule has 2 aliphatic rings. The van der Waals surface area contributed by atoms with E-state index in [1.165, 1.54) is 0 Å². The second-order valence-electron chi connectivity index (χ2n) is 7.84. The molecule has 0 radical (unpaired) electrons. The summed E-state index contributed by atoms with van der Waals surface area (Å²) in [6.45, 7) is 4.86. The molecule has 0 N–H and O–H groups in total. The van der Waals surface area contributed by atoms with Crippen molar-refractivity contribution in [2.45, 2.75) is 19.5 Å². The van der Waals surface area contributed by atoms with E-state index in [1.54, 1.807) is 29.0 Å². The van der Waals surface area contributed by atoms with Crippen molar-refractivity contribution in [3.8, 4) is 0 Å². The highest BCUT2D eigenvalue weighted by molar-refractivity contribution is 7.09. The van der Waals surface area contributed by atoms with Gasteiger partial charge in [-0.15, -0.1) is 11.3 Å². The molecule has 1 atom stereocenters. The van der Waals surface area contributed by atoms with Gasteiger partial charge in [0.15, 0.2) is 0 Å². The number of carbonyl (C=O) groups is 2. The predicted molar refractivity (Wildman–Crippen MR) is 111 cm³/mol. The third-order valence-electron chi connectivity index (χ3n) is 5.73. The highest BCUT2D eigenvalue weighted by atomic mass is 32.1. The molecule has 154 valence electrons. The van der Waals surface area contributed by atoms with Crippen LogP contribution in [0.1, 0.15) is 16.9 Å². The Kier molecular flexibility index (Phi) is 5.82. The first kappa shape index (κ1) is 19.8. The van der Waals surface area contributed by atoms with Gasteiger partial charge in [-0.3, -0.25) is 19.3 Å². The number of aromatic nitrogens is 1. The van der Waals surface area contributed by atoms with Crippen LogP contribution in [-0.2, 0) is 29.7 Å². The van der Waals surface area contributed by atoms with Crippen LogP contribution >= 0.6 is 11.3 Å². The Hall–Kier alpha value is -2.45. The van der Waals surface area contributed by atoms with Crippen LogP contribution in [0.15, 0.2) is 40.6 Å². The summed E-state index contributed by atoms with van der Waals surface area (Å²) in [4.78, 5) is 44.0. The molecule has 2 saturated heterocycles. The standard InChI is InChI=1S/C21H26N4O3S/c1-22-12-16(4-5-19(22)26)13-23-6-8-24(9-7-23)21(28)17-11-20(27)25(14-17)15-18-3-2-10-29-18/h2-5,10,12,17H,6-9,11,13-15H2,1H3. The second kappa shape index (κ2) is 8.51. The molecule has 7 nitrogen and oxygen atoms in total. The molecule has 2 fully saturated rings. The Bertz CT molecular complexity index is 932. The van der Waals surface area contributed by atoms with Crippen LogP contribution < -0.4 is 5.56 Å². The number of pyridine rings is 1. The monoisotopic (exact) mass is 414 g/mol. The number of amides is 2. The molecule has 0 saturated carbocycles. The molecule has 0 bridgehead atoms. The van der Waals surface area contributed by atoms with Crippen LogP contribution in [0.5, 0.6) is 0 Å². The maximum Gasteiger partial charge on any atom is 0.250 e. The van der Waals surface area contributed by atoms with Gasteiger partial charge in [0, 0.05) is 69.9 Å². The van der Waals surface area contributed by atoms with Crippen LogP contribution in [-0.4, -0.2) is 63.8 Å². The number of carbonyl (C=O) groups excluding carboxylic acids is 2. The Morgan fingerprint density at radius 2 is 1.90 bits per heavy atom. The third kappa shape index (κ3) is 4.59. The molecular formula is C21H26N4O3S. The number of nitrogens with zero attached hydrogens (tertiary/aromatic N) is 4. The number of thiophene rings is 1. The number of rotatable bonds is 5. The summed E-state index contributed by atoms with van der Waals surface area (Å²) >= 11 is 1.64. The fourth-order valence-corrected chi connectivity index (χ4v) is 4.79. The fraction of sp³-hybridized carbons (Fsp3) is 0.476. The summed E-state index contributed by atoms with van der Waals surface area (Å²) < 4.78 is 1.59. The van der Waals surface area contributed by atoms with Crippen LogP contribution in [0.4, 0.5) is 0 Å².